The molecule has 0 unspecified atom stereocenters. The van der Waals surface area contributed by atoms with E-state index in [2.05, 4.69) is 0 Å². The van der Waals surface area contributed by atoms with E-state index < -0.39 is 18.2 Å². The molecular weight excluding hydrogens is 194 g/mol. The topological polar surface area (TPSA) is 43.8 Å². The lowest BCUT2D eigenvalue weighted by atomic mass is 9.95. The third kappa shape index (κ3) is 2.80. The summed E-state index contributed by atoms with van der Waals surface area (Å²) in [7, 11) is 1.78. The van der Waals surface area contributed by atoms with Crippen LogP contribution in [0.5, 0.6) is 0 Å². The minimum absolute atomic E-state index is 0.248. The number of halogens is 2. The van der Waals surface area contributed by atoms with Crippen molar-refractivity contribution < 1.29 is 18.8 Å². The highest BCUT2D eigenvalue weighted by molar-refractivity contribution is 5.63. The maximum atomic E-state index is 13.3. The third-order valence-corrected chi connectivity index (χ3v) is 2.48. The van der Waals surface area contributed by atoms with E-state index in [1.807, 2.05) is 4.90 Å². The summed E-state index contributed by atoms with van der Waals surface area (Å²) in [6.07, 6.45) is -2.31. The van der Waals surface area contributed by atoms with Crippen molar-refractivity contribution in [1.29, 1.82) is 0 Å². The Morgan fingerprint density at radius 2 is 2.36 bits per heavy atom. The molecule has 82 valence electrons. The number of carbonyl (C=O) groups is 1. The van der Waals surface area contributed by atoms with Gasteiger partial charge in [0.05, 0.1) is 6.54 Å². The van der Waals surface area contributed by atoms with Gasteiger partial charge >= 0.3 is 6.09 Å². The molecule has 1 amide bonds. The Morgan fingerprint density at radius 1 is 1.71 bits per heavy atom. The van der Waals surface area contributed by atoms with Gasteiger partial charge < -0.3 is 10.0 Å². The third-order valence-electron chi connectivity index (χ3n) is 2.48. The second-order valence-electron chi connectivity index (χ2n) is 3.65. The Bertz CT molecular complexity index is 216. The summed E-state index contributed by atoms with van der Waals surface area (Å²) >= 11 is 0. The first-order valence-corrected chi connectivity index (χ1v) is 4.49. The zero-order valence-corrected chi connectivity index (χ0v) is 7.99. The van der Waals surface area contributed by atoms with Crippen LogP contribution in [0.1, 0.15) is 6.42 Å². The largest absolute Gasteiger partial charge is 0.463 e. The molecule has 1 fully saturated rings. The standard InChI is InChI=1S/C8H14F2N2O2/c1-11-3-2-6(7(9)5-11)4-12(10)8(13)14/h6-7H,2-5H2,1H3,(H,13,14)/t6-,7-/m0/s1. The minimum Gasteiger partial charge on any atom is -0.463 e. The van der Waals surface area contributed by atoms with Crippen molar-refractivity contribution in [2.24, 2.45) is 5.92 Å². The van der Waals surface area contributed by atoms with Crippen LogP contribution in [0.15, 0.2) is 0 Å². The van der Waals surface area contributed by atoms with Gasteiger partial charge in [0.25, 0.3) is 0 Å². The van der Waals surface area contributed by atoms with E-state index in [1.165, 1.54) is 0 Å². The number of alkyl halides is 1. The zero-order valence-electron chi connectivity index (χ0n) is 7.99. The van der Waals surface area contributed by atoms with E-state index in [9.17, 15) is 13.7 Å². The molecule has 1 rings (SSSR count). The summed E-state index contributed by atoms with van der Waals surface area (Å²) in [4.78, 5) is 12.0. The van der Waals surface area contributed by atoms with Crippen molar-refractivity contribution in [3.05, 3.63) is 0 Å². The molecule has 0 saturated carbocycles. The van der Waals surface area contributed by atoms with Gasteiger partial charge in [-0.25, -0.2) is 9.18 Å². The van der Waals surface area contributed by atoms with Crippen molar-refractivity contribution in [2.45, 2.75) is 12.6 Å². The van der Waals surface area contributed by atoms with Crippen LogP contribution in [0, 0.1) is 5.92 Å². The normalized spacial score (nSPS) is 28.8. The van der Waals surface area contributed by atoms with Crippen molar-refractivity contribution in [2.75, 3.05) is 26.7 Å². The fourth-order valence-electron chi connectivity index (χ4n) is 1.59. The molecule has 6 heteroatoms. The number of hydrogen-bond acceptors (Lipinski definition) is 2. The number of likely N-dealkylation sites (tertiary alicyclic amines) is 1. The van der Waals surface area contributed by atoms with Gasteiger partial charge in [0.2, 0.25) is 0 Å². The molecule has 14 heavy (non-hydrogen) atoms. The number of nitrogens with zero attached hydrogens (tertiary/aromatic N) is 2. The summed E-state index contributed by atoms with van der Waals surface area (Å²) in [5.74, 6) is -0.521. The lowest BCUT2D eigenvalue weighted by Crippen LogP contribution is -2.43. The Kier molecular flexibility index (Phi) is 3.62. The summed E-state index contributed by atoms with van der Waals surface area (Å²) in [6.45, 7) is 0.557. The molecule has 1 aliphatic heterocycles. The van der Waals surface area contributed by atoms with E-state index in [-0.39, 0.29) is 18.2 Å². The highest BCUT2D eigenvalue weighted by atomic mass is 19.2. The molecule has 0 aromatic carbocycles. The molecule has 0 spiro atoms. The van der Waals surface area contributed by atoms with Crippen LogP contribution in [-0.4, -0.2) is 54.1 Å². The maximum Gasteiger partial charge on any atom is 0.435 e. The van der Waals surface area contributed by atoms with E-state index >= 15 is 0 Å². The Hall–Kier alpha value is -0.910. The van der Waals surface area contributed by atoms with Crippen molar-refractivity contribution in [3.8, 4) is 0 Å². The average molecular weight is 208 g/mol. The maximum absolute atomic E-state index is 13.3. The molecule has 1 N–H and O–H groups in total. The first-order valence-electron chi connectivity index (χ1n) is 4.49. The van der Waals surface area contributed by atoms with Crippen molar-refractivity contribution in [1.82, 2.24) is 10.0 Å². The summed E-state index contributed by atoms with van der Waals surface area (Å²) in [6, 6.07) is 0. The number of carboxylic acid groups (broad SMARTS) is 1. The van der Waals surface area contributed by atoms with Gasteiger partial charge in [0.1, 0.15) is 6.17 Å². The zero-order chi connectivity index (χ0) is 10.7. The highest BCUT2D eigenvalue weighted by Crippen LogP contribution is 2.20. The van der Waals surface area contributed by atoms with Gasteiger partial charge in [-0.2, -0.15) is 0 Å². The predicted octanol–water partition coefficient (Wildman–Crippen LogP) is 1.14. The summed E-state index contributed by atoms with van der Waals surface area (Å²) < 4.78 is 25.9. The van der Waals surface area contributed by atoms with Gasteiger partial charge in [-0.15, -0.1) is 5.12 Å². The molecule has 0 aromatic rings. The molecular formula is C8H14F2N2O2. The first kappa shape index (κ1) is 11.2. The molecule has 0 aromatic heterocycles. The number of piperidine rings is 1. The smallest absolute Gasteiger partial charge is 0.435 e. The Morgan fingerprint density at radius 3 is 2.86 bits per heavy atom. The first-order chi connectivity index (χ1) is 6.50. The minimum atomic E-state index is -1.66. The van der Waals surface area contributed by atoms with Crippen LogP contribution in [0.2, 0.25) is 0 Å². The van der Waals surface area contributed by atoms with Crippen molar-refractivity contribution >= 4 is 6.09 Å². The van der Waals surface area contributed by atoms with Crippen LogP contribution in [0.25, 0.3) is 0 Å². The molecule has 0 aliphatic carbocycles. The Labute approximate surface area is 81.0 Å². The number of hydrogen-bond donors (Lipinski definition) is 1. The van der Waals surface area contributed by atoms with Gasteiger partial charge in [0.15, 0.2) is 0 Å². The monoisotopic (exact) mass is 208 g/mol. The van der Waals surface area contributed by atoms with Crippen LogP contribution < -0.4 is 0 Å². The quantitative estimate of drug-likeness (QED) is 0.692. The molecule has 1 heterocycles. The molecule has 1 aliphatic rings. The van der Waals surface area contributed by atoms with Crippen LogP contribution >= 0.6 is 0 Å². The van der Waals surface area contributed by atoms with E-state index in [0.29, 0.717) is 13.0 Å². The Balaban J connectivity index is 2.41. The molecule has 0 bridgehead atoms. The second kappa shape index (κ2) is 4.54. The fraction of sp³-hybridized carbons (Fsp3) is 0.875. The highest BCUT2D eigenvalue weighted by Gasteiger charge is 2.30. The lowest BCUT2D eigenvalue weighted by Gasteiger charge is -2.32. The van der Waals surface area contributed by atoms with E-state index in [0.717, 1.165) is 0 Å². The van der Waals surface area contributed by atoms with Gasteiger partial charge in [-0.05, 0) is 20.0 Å². The molecule has 2 atom stereocenters. The predicted molar refractivity (Wildman–Crippen MR) is 46.3 cm³/mol. The van der Waals surface area contributed by atoms with E-state index in [1.54, 1.807) is 7.05 Å². The SMILES string of the molecule is CN1CC[C@@H](CN(F)C(=O)O)[C@@H](F)C1. The van der Waals surface area contributed by atoms with Crippen LogP contribution in [-0.2, 0) is 0 Å². The molecule has 1 saturated heterocycles. The second-order valence-corrected chi connectivity index (χ2v) is 3.65. The molecule has 4 nitrogen and oxygen atoms in total. The average Bonchev–Trinajstić information content (AvgIpc) is 2.09. The number of rotatable bonds is 2. The van der Waals surface area contributed by atoms with Crippen molar-refractivity contribution in [3.63, 3.8) is 0 Å². The van der Waals surface area contributed by atoms with Gasteiger partial charge in [-0.1, -0.05) is 4.48 Å². The van der Waals surface area contributed by atoms with Gasteiger partial charge in [-0.3, -0.25) is 0 Å². The molecule has 0 radical (unpaired) electrons. The van der Waals surface area contributed by atoms with E-state index in [4.69, 9.17) is 5.11 Å². The summed E-state index contributed by atoms with van der Waals surface area (Å²) in [5.41, 5.74) is 0. The van der Waals surface area contributed by atoms with Gasteiger partial charge in [0, 0.05) is 12.5 Å². The van der Waals surface area contributed by atoms with Crippen LogP contribution in [0.4, 0.5) is 13.7 Å². The fourth-order valence-corrected chi connectivity index (χ4v) is 1.59. The van der Waals surface area contributed by atoms with Crippen LogP contribution in [0.3, 0.4) is 0 Å². The summed E-state index contributed by atoms with van der Waals surface area (Å²) in [5, 5.41) is 7.92. The lowest BCUT2D eigenvalue weighted by molar-refractivity contribution is -0.00752. The number of amides is 1.